The van der Waals surface area contributed by atoms with Gasteiger partial charge in [-0.1, -0.05) is 12.1 Å². The lowest BCUT2D eigenvalue weighted by atomic mass is 9.88. The molecule has 3 rings (SSSR count). The highest BCUT2D eigenvalue weighted by molar-refractivity contribution is 5.98. The maximum atomic E-state index is 14.1. The Balaban J connectivity index is 1.67. The minimum absolute atomic E-state index is 0.0995. The molecule has 1 heterocycles. The van der Waals surface area contributed by atoms with Gasteiger partial charge in [-0.3, -0.25) is 14.4 Å². The average Bonchev–Trinajstić information content (AvgIpc) is 2.87. The number of halogens is 1. The molecule has 2 N–H and O–H groups in total. The normalized spacial score (nSPS) is 14.9. The van der Waals surface area contributed by atoms with Gasteiger partial charge in [-0.15, -0.1) is 0 Å². The van der Waals surface area contributed by atoms with Crippen LogP contribution in [0.5, 0.6) is 5.75 Å². The van der Waals surface area contributed by atoms with Crippen molar-refractivity contribution in [1.82, 2.24) is 15.5 Å². The number of hydrogen-bond donors (Lipinski definition) is 2. The highest BCUT2D eigenvalue weighted by atomic mass is 19.1. The van der Waals surface area contributed by atoms with E-state index in [0.29, 0.717) is 43.9 Å². The monoisotopic (exact) mass is 471 g/mol. The van der Waals surface area contributed by atoms with Crippen LogP contribution in [0.25, 0.3) is 0 Å². The van der Waals surface area contributed by atoms with Crippen LogP contribution in [-0.4, -0.2) is 69.1 Å². The number of hydrogen-bond acceptors (Lipinski definition) is 5. The van der Waals surface area contributed by atoms with E-state index < -0.39 is 17.8 Å². The van der Waals surface area contributed by atoms with Crippen molar-refractivity contribution in [3.05, 3.63) is 65.5 Å². The molecule has 1 aliphatic heterocycles. The number of carbonyl (C=O) groups is 3. The van der Waals surface area contributed by atoms with Crippen molar-refractivity contribution >= 4 is 17.7 Å². The van der Waals surface area contributed by atoms with E-state index >= 15 is 0 Å². The van der Waals surface area contributed by atoms with Crippen molar-refractivity contribution in [3.63, 3.8) is 0 Å². The summed E-state index contributed by atoms with van der Waals surface area (Å²) in [7, 11) is 3.09. The Labute approximate surface area is 198 Å². The Morgan fingerprint density at radius 3 is 2.35 bits per heavy atom. The second kappa shape index (κ2) is 12.1. The van der Waals surface area contributed by atoms with E-state index in [4.69, 9.17) is 9.47 Å². The van der Waals surface area contributed by atoms with Crippen LogP contribution in [0.2, 0.25) is 0 Å². The molecule has 182 valence electrons. The Morgan fingerprint density at radius 2 is 1.74 bits per heavy atom. The van der Waals surface area contributed by atoms with Gasteiger partial charge in [0, 0.05) is 32.3 Å². The largest absolute Gasteiger partial charge is 0.497 e. The second-order valence-electron chi connectivity index (χ2n) is 8.07. The van der Waals surface area contributed by atoms with Crippen LogP contribution in [-0.2, 0) is 9.53 Å². The summed E-state index contributed by atoms with van der Waals surface area (Å²) in [6.45, 7) is 1.49. The zero-order chi connectivity index (χ0) is 24.5. The fourth-order valence-corrected chi connectivity index (χ4v) is 4.00. The summed E-state index contributed by atoms with van der Waals surface area (Å²) < 4.78 is 24.2. The van der Waals surface area contributed by atoms with Crippen molar-refractivity contribution < 1.29 is 28.2 Å². The molecule has 0 spiro atoms. The number of rotatable bonds is 9. The zero-order valence-electron chi connectivity index (χ0n) is 19.4. The Bertz CT molecular complexity index is 990. The number of benzene rings is 2. The van der Waals surface area contributed by atoms with Crippen LogP contribution in [0.4, 0.5) is 4.39 Å². The van der Waals surface area contributed by atoms with Crippen LogP contribution in [0.1, 0.15) is 33.6 Å². The SMILES string of the molecule is COCCNC(=O)C(NC(=O)c1ccccc1F)C1CCN(C(=O)c2ccc(OC)cc2)CC1. The molecule has 0 aliphatic carbocycles. The van der Waals surface area contributed by atoms with E-state index in [0.717, 1.165) is 0 Å². The molecule has 0 aromatic heterocycles. The molecule has 1 fully saturated rings. The molecular weight excluding hydrogens is 441 g/mol. The molecule has 9 heteroatoms. The number of nitrogens with one attached hydrogen (secondary N) is 2. The summed E-state index contributed by atoms with van der Waals surface area (Å²) in [6, 6.07) is 11.7. The standard InChI is InChI=1S/C25H30FN3O5/c1-33-16-13-27-24(31)22(28-23(30)20-5-3-4-6-21(20)26)17-11-14-29(15-12-17)25(32)18-7-9-19(34-2)10-8-18/h3-10,17,22H,11-16H2,1-2H3,(H,27,31)(H,28,30). The lowest BCUT2D eigenvalue weighted by Gasteiger charge is -2.36. The van der Waals surface area contributed by atoms with E-state index in [1.54, 1.807) is 42.3 Å². The number of nitrogens with zero attached hydrogens (tertiary/aromatic N) is 1. The average molecular weight is 472 g/mol. The van der Waals surface area contributed by atoms with Crippen molar-refractivity contribution in [2.45, 2.75) is 18.9 Å². The van der Waals surface area contributed by atoms with Crippen LogP contribution >= 0.6 is 0 Å². The molecule has 8 nitrogen and oxygen atoms in total. The first-order chi connectivity index (χ1) is 16.4. The Hall–Kier alpha value is -3.46. The van der Waals surface area contributed by atoms with Crippen LogP contribution in [0, 0.1) is 11.7 Å². The molecular formula is C25H30FN3O5. The number of piperidine rings is 1. The minimum atomic E-state index is -0.859. The number of methoxy groups -OCH3 is 2. The Kier molecular flexibility index (Phi) is 8.98. The van der Waals surface area contributed by atoms with Crippen LogP contribution in [0.3, 0.4) is 0 Å². The van der Waals surface area contributed by atoms with Gasteiger partial charge in [0.05, 0.1) is 19.3 Å². The molecule has 0 bridgehead atoms. The molecule has 3 amide bonds. The third kappa shape index (κ3) is 6.32. The van der Waals surface area contributed by atoms with Gasteiger partial charge in [-0.25, -0.2) is 4.39 Å². The third-order valence-electron chi connectivity index (χ3n) is 5.93. The Morgan fingerprint density at radius 1 is 1.06 bits per heavy atom. The van der Waals surface area contributed by atoms with Gasteiger partial charge in [-0.05, 0) is 55.2 Å². The summed E-state index contributed by atoms with van der Waals surface area (Å²) in [5, 5.41) is 5.47. The fraction of sp³-hybridized carbons (Fsp3) is 0.400. The summed E-state index contributed by atoms with van der Waals surface area (Å²) in [5.74, 6) is -1.30. The van der Waals surface area contributed by atoms with E-state index in [1.165, 1.54) is 25.3 Å². The number of likely N-dealkylation sites (tertiary alicyclic amines) is 1. The van der Waals surface area contributed by atoms with Gasteiger partial charge in [0.25, 0.3) is 11.8 Å². The van der Waals surface area contributed by atoms with Crippen LogP contribution < -0.4 is 15.4 Å². The van der Waals surface area contributed by atoms with Gasteiger partial charge in [0.2, 0.25) is 5.91 Å². The molecule has 2 aromatic carbocycles. The van der Waals surface area contributed by atoms with Crippen molar-refractivity contribution in [2.24, 2.45) is 5.92 Å². The molecule has 0 radical (unpaired) electrons. The van der Waals surface area contributed by atoms with E-state index in [1.807, 2.05) is 0 Å². The van der Waals surface area contributed by atoms with Gasteiger partial charge < -0.3 is 25.0 Å². The van der Waals surface area contributed by atoms with E-state index in [2.05, 4.69) is 10.6 Å². The predicted molar refractivity (Wildman–Crippen MR) is 124 cm³/mol. The molecule has 1 saturated heterocycles. The summed E-state index contributed by atoms with van der Waals surface area (Å²) >= 11 is 0. The molecule has 1 aliphatic rings. The summed E-state index contributed by atoms with van der Waals surface area (Å²) in [4.78, 5) is 40.2. The lowest BCUT2D eigenvalue weighted by molar-refractivity contribution is -0.124. The second-order valence-corrected chi connectivity index (χ2v) is 8.07. The van der Waals surface area contributed by atoms with E-state index in [-0.39, 0.29) is 29.8 Å². The smallest absolute Gasteiger partial charge is 0.254 e. The van der Waals surface area contributed by atoms with E-state index in [9.17, 15) is 18.8 Å². The van der Waals surface area contributed by atoms with Crippen molar-refractivity contribution in [3.8, 4) is 5.75 Å². The van der Waals surface area contributed by atoms with Crippen molar-refractivity contribution in [2.75, 3.05) is 40.5 Å². The molecule has 1 unspecified atom stereocenters. The maximum Gasteiger partial charge on any atom is 0.254 e. The fourth-order valence-electron chi connectivity index (χ4n) is 4.00. The maximum absolute atomic E-state index is 14.1. The summed E-state index contributed by atoms with van der Waals surface area (Å²) in [5.41, 5.74) is 0.435. The number of ether oxygens (including phenoxy) is 2. The van der Waals surface area contributed by atoms with Crippen LogP contribution in [0.15, 0.2) is 48.5 Å². The number of carbonyl (C=O) groups excluding carboxylic acids is 3. The van der Waals surface area contributed by atoms with Gasteiger partial charge in [0.1, 0.15) is 17.6 Å². The lowest BCUT2D eigenvalue weighted by Crippen LogP contribution is -2.54. The molecule has 1 atom stereocenters. The first-order valence-corrected chi connectivity index (χ1v) is 11.2. The highest BCUT2D eigenvalue weighted by Crippen LogP contribution is 2.24. The molecule has 2 aromatic rings. The van der Waals surface area contributed by atoms with Crippen molar-refractivity contribution in [1.29, 1.82) is 0 Å². The molecule has 34 heavy (non-hydrogen) atoms. The van der Waals surface area contributed by atoms with Gasteiger partial charge in [0.15, 0.2) is 0 Å². The van der Waals surface area contributed by atoms with Gasteiger partial charge in [-0.2, -0.15) is 0 Å². The predicted octanol–water partition coefficient (Wildman–Crippen LogP) is 2.25. The topological polar surface area (TPSA) is 97.0 Å². The summed E-state index contributed by atoms with van der Waals surface area (Å²) in [6.07, 6.45) is 1.03. The number of amides is 3. The quantitative estimate of drug-likeness (QED) is 0.547. The minimum Gasteiger partial charge on any atom is -0.497 e. The first kappa shape index (κ1) is 25.2. The first-order valence-electron chi connectivity index (χ1n) is 11.2. The zero-order valence-corrected chi connectivity index (χ0v) is 19.4. The van der Waals surface area contributed by atoms with Gasteiger partial charge >= 0.3 is 0 Å². The third-order valence-corrected chi connectivity index (χ3v) is 5.93. The molecule has 0 saturated carbocycles. The highest BCUT2D eigenvalue weighted by Gasteiger charge is 2.34.